The maximum Gasteiger partial charge on any atom is 0.264 e. The first kappa shape index (κ1) is 29.4. The Kier molecular flexibility index (Phi) is 10.5. The molecule has 0 fully saturated rings. The number of nitrogens with zero attached hydrogens (tertiary/aromatic N) is 2. The Labute approximate surface area is 238 Å². The van der Waals surface area contributed by atoms with Gasteiger partial charge in [-0.2, -0.15) is 0 Å². The van der Waals surface area contributed by atoms with E-state index in [2.05, 4.69) is 27.9 Å². The lowest BCUT2D eigenvalue weighted by Gasteiger charge is -2.32. The van der Waals surface area contributed by atoms with Gasteiger partial charge in [0.05, 0.1) is 17.7 Å². The van der Waals surface area contributed by atoms with E-state index in [1.807, 2.05) is 19.1 Å². The van der Waals surface area contributed by atoms with Gasteiger partial charge in [0.25, 0.3) is 10.0 Å². The van der Waals surface area contributed by atoms with E-state index in [1.54, 1.807) is 68.6 Å². The maximum atomic E-state index is 13.8. The lowest BCUT2D eigenvalue weighted by molar-refractivity contribution is -0.139. The van der Waals surface area contributed by atoms with Crippen LogP contribution < -0.4 is 14.4 Å². The summed E-state index contributed by atoms with van der Waals surface area (Å²) in [5.41, 5.74) is 1.14. The molecule has 3 rings (SSSR count). The van der Waals surface area contributed by atoms with Crippen molar-refractivity contribution in [2.24, 2.45) is 0 Å². The highest BCUT2D eigenvalue weighted by Gasteiger charge is 2.32. The van der Waals surface area contributed by atoms with Gasteiger partial charge in [-0.1, -0.05) is 37.3 Å². The molecule has 0 unspecified atom stereocenters. The second kappa shape index (κ2) is 13.6. The largest absolute Gasteiger partial charge is 0.497 e. The SMILES string of the molecule is CCCNC(=O)[C@H](C)N(Cc1ccc(OC)cc1)C(=O)CN(c1ccc(I)cc1)S(=O)(=O)c1ccccc1. The van der Waals surface area contributed by atoms with Crippen molar-refractivity contribution in [2.75, 3.05) is 24.5 Å². The molecule has 202 valence electrons. The molecule has 0 heterocycles. The average Bonchev–Trinajstić information content (AvgIpc) is 2.94. The van der Waals surface area contributed by atoms with Crippen LogP contribution in [0, 0.1) is 3.57 Å². The average molecular weight is 650 g/mol. The molecule has 0 saturated carbocycles. The third-order valence-electron chi connectivity index (χ3n) is 5.95. The normalized spacial score (nSPS) is 11.9. The zero-order valence-electron chi connectivity index (χ0n) is 21.6. The standard InChI is InChI=1S/C28H32IN3O5S/c1-4-18-30-28(34)21(2)31(19-22-10-16-25(37-3)17-11-22)27(33)20-32(24-14-12-23(29)13-15-24)38(35,36)26-8-6-5-7-9-26/h5-17,21H,4,18-20H2,1-3H3,(H,30,34)/t21-/m0/s1. The number of carbonyl (C=O) groups excluding carboxylic acids is 2. The molecule has 0 aliphatic carbocycles. The highest BCUT2D eigenvalue weighted by atomic mass is 127. The van der Waals surface area contributed by atoms with Crippen LogP contribution in [-0.2, 0) is 26.2 Å². The first-order valence-corrected chi connectivity index (χ1v) is 14.7. The molecule has 38 heavy (non-hydrogen) atoms. The first-order chi connectivity index (χ1) is 18.2. The summed E-state index contributed by atoms with van der Waals surface area (Å²) in [6.45, 7) is 3.71. The monoisotopic (exact) mass is 649 g/mol. The molecule has 0 aliphatic heterocycles. The minimum atomic E-state index is -4.07. The molecule has 10 heteroatoms. The molecule has 0 aromatic heterocycles. The topological polar surface area (TPSA) is 96.0 Å². The minimum absolute atomic E-state index is 0.0711. The second-order valence-corrected chi connectivity index (χ2v) is 11.7. The van der Waals surface area contributed by atoms with Crippen LogP contribution >= 0.6 is 22.6 Å². The van der Waals surface area contributed by atoms with Gasteiger partial charge in [-0.05, 0) is 90.0 Å². The number of benzene rings is 3. The fourth-order valence-electron chi connectivity index (χ4n) is 3.76. The molecule has 3 aromatic rings. The van der Waals surface area contributed by atoms with Crippen molar-refractivity contribution < 1.29 is 22.7 Å². The zero-order valence-corrected chi connectivity index (χ0v) is 24.6. The molecule has 0 radical (unpaired) electrons. The molecular formula is C28H32IN3O5S. The summed E-state index contributed by atoms with van der Waals surface area (Å²) in [4.78, 5) is 28.2. The van der Waals surface area contributed by atoms with Gasteiger partial charge in [-0.25, -0.2) is 8.42 Å². The van der Waals surface area contributed by atoms with Crippen LogP contribution in [0.4, 0.5) is 5.69 Å². The summed E-state index contributed by atoms with van der Waals surface area (Å²) in [5.74, 6) is -0.141. The fraction of sp³-hybridized carbons (Fsp3) is 0.286. The highest BCUT2D eigenvalue weighted by molar-refractivity contribution is 14.1. The van der Waals surface area contributed by atoms with E-state index in [1.165, 1.54) is 17.0 Å². The van der Waals surface area contributed by atoms with Crippen molar-refractivity contribution in [1.82, 2.24) is 10.2 Å². The van der Waals surface area contributed by atoms with Crippen LogP contribution in [0.25, 0.3) is 0 Å². The zero-order chi connectivity index (χ0) is 27.7. The number of rotatable bonds is 12. The summed E-state index contributed by atoms with van der Waals surface area (Å²) in [5, 5.41) is 2.83. The molecule has 0 aliphatic rings. The van der Waals surface area contributed by atoms with E-state index < -0.39 is 28.5 Å². The Morgan fingerprint density at radius 3 is 2.18 bits per heavy atom. The predicted molar refractivity (Wildman–Crippen MR) is 156 cm³/mol. The van der Waals surface area contributed by atoms with E-state index in [0.29, 0.717) is 18.0 Å². The van der Waals surface area contributed by atoms with Crippen LogP contribution in [0.3, 0.4) is 0 Å². The Morgan fingerprint density at radius 1 is 0.974 bits per heavy atom. The van der Waals surface area contributed by atoms with Crippen molar-refractivity contribution >= 4 is 50.1 Å². The lowest BCUT2D eigenvalue weighted by Crippen LogP contribution is -2.51. The number of carbonyl (C=O) groups is 2. The second-order valence-electron chi connectivity index (χ2n) is 8.64. The first-order valence-electron chi connectivity index (χ1n) is 12.2. The van der Waals surface area contributed by atoms with Crippen LogP contribution in [0.2, 0.25) is 0 Å². The summed E-state index contributed by atoms with van der Waals surface area (Å²) in [7, 11) is -2.50. The van der Waals surface area contributed by atoms with Gasteiger partial charge in [0, 0.05) is 16.7 Å². The third kappa shape index (κ3) is 7.47. The van der Waals surface area contributed by atoms with Crippen molar-refractivity contribution in [1.29, 1.82) is 0 Å². The number of anilines is 1. The Balaban J connectivity index is 1.99. The van der Waals surface area contributed by atoms with Crippen molar-refractivity contribution in [3.05, 3.63) is 88.0 Å². The predicted octanol–water partition coefficient (Wildman–Crippen LogP) is 4.44. The molecule has 0 bridgehead atoms. The van der Waals surface area contributed by atoms with E-state index in [0.717, 1.165) is 19.9 Å². The van der Waals surface area contributed by atoms with Crippen LogP contribution in [0.5, 0.6) is 5.75 Å². The number of sulfonamides is 1. The number of nitrogens with one attached hydrogen (secondary N) is 1. The number of amides is 2. The number of hydrogen-bond donors (Lipinski definition) is 1. The third-order valence-corrected chi connectivity index (χ3v) is 8.46. The summed E-state index contributed by atoms with van der Waals surface area (Å²) >= 11 is 2.14. The molecule has 0 spiro atoms. The highest BCUT2D eigenvalue weighted by Crippen LogP contribution is 2.25. The fourth-order valence-corrected chi connectivity index (χ4v) is 5.56. The van der Waals surface area contributed by atoms with Gasteiger partial charge in [0.1, 0.15) is 18.3 Å². The van der Waals surface area contributed by atoms with E-state index in [-0.39, 0.29) is 17.3 Å². The van der Waals surface area contributed by atoms with Gasteiger partial charge in [-0.3, -0.25) is 13.9 Å². The van der Waals surface area contributed by atoms with E-state index in [9.17, 15) is 18.0 Å². The van der Waals surface area contributed by atoms with E-state index in [4.69, 9.17) is 4.74 Å². The Hall–Kier alpha value is -3.12. The van der Waals surface area contributed by atoms with Gasteiger partial charge < -0.3 is 15.0 Å². The van der Waals surface area contributed by atoms with E-state index >= 15 is 0 Å². The molecule has 1 atom stereocenters. The van der Waals surface area contributed by atoms with Gasteiger partial charge in [0.15, 0.2) is 0 Å². The van der Waals surface area contributed by atoms with Gasteiger partial charge >= 0.3 is 0 Å². The summed E-state index contributed by atoms with van der Waals surface area (Å²) in [6, 6.07) is 21.2. The molecular weight excluding hydrogens is 617 g/mol. The Morgan fingerprint density at radius 2 is 1.61 bits per heavy atom. The lowest BCUT2D eigenvalue weighted by atomic mass is 10.1. The smallest absolute Gasteiger partial charge is 0.264 e. The quantitative estimate of drug-likeness (QED) is 0.293. The van der Waals surface area contributed by atoms with Crippen LogP contribution in [0.15, 0.2) is 83.8 Å². The van der Waals surface area contributed by atoms with Crippen molar-refractivity contribution in [2.45, 2.75) is 37.8 Å². The summed E-state index contributed by atoms with van der Waals surface area (Å²) < 4.78 is 34.7. The van der Waals surface area contributed by atoms with Crippen molar-refractivity contribution in [3.63, 3.8) is 0 Å². The summed E-state index contributed by atoms with van der Waals surface area (Å²) in [6.07, 6.45) is 0.751. The van der Waals surface area contributed by atoms with Crippen LogP contribution in [-0.4, -0.2) is 51.4 Å². The number of hydrogen-bond acceptors (Lipinski definition) is 5. The maximum absolute atomic E-state index is 13.8. The Bertz CT molecular complexity index is 1320. The molecule has 2 amide bonds. The van der Waals surface area contributed by atoms with Crippen LogP contribution in [0.1, 0.15) is 25.8 Å². The molecule has 8 nitrogen and oxygen atoms in total. The van der Waals surface area contributed by atoms with Crippen molar-refractivity contribution in [3.8, 4) is 5.75 Å². The molecule has 0 saturated heterocycles. The molecule has 1 N–H and O–H groups in total. The minimum Gasteiger partial charge on any atom is -0.497 e. The van der Waals surface area contributed by atoms with Gasteiger partial charge in [0.2, 0.25) is 11.8 Å². The number of methoxy groups -OCH3 is 1. The van der Waals surface area contributed by atoms with Gasteiger partial charge in [-0.15, -0.1) is 0 Å². The number of ether oxygens (including phenoxy) is 1. The number of halogens is 1. The molecule has 3 aromatic carbocycles.